The molecular formula is C30H32O4. The van der Waals surface area contributed by atoms with E-state index >= 15 is 0 Å². The monoisotopic (exact) mass is 456 g/mol. The second-order valence-electron chi connectivity index (χ2n) is 9.14. The Morgan fingerprint density at radius 1 is 0.735 bits per heavy atom. The normalized spacial score (nSPS) is 22.5. The molecule has 0 bridgehead atoms. The minimum Gasteiger partial charge on any atom is -0.493 e. The van der Waals surface area contributed by atoms with Crippen molar-refractivity contribution in [1.82, 2.24) is 0 Å². The van der Waals surface area contributed by atoms with Gasteiger partial charge in [0, 0.05) is 20.1 Å². The van der Waals surface area contributed by atoms with Crippen molar-refractivity contribution in [3.05, 3.63) is 95.1 Å². The van der Waals surface area contributed by atoms with Crippen LogP contribution in [0.15, 0.2) is 78.4 Å². The van der Waals surface area contributed by atoms with E-state index in [1.807, 2.05) is 6.07 Å². The molecule has 0 heterocycles. The van der Waals surface area contributed by atoms with Crippen LogP contribution in [0.4, 0.5) is 0 Å². The van der Waals surface area contributed by atoms with Gasteiger partial charge in [0.2, 0.25) is 0 Å². The van der Waals surface area contributed by atoms with Gasteiger partial charge in [0.05, 0.1) is 31.8 Å². The van der Waals surface area contributed by atoms with Gasteiger partial charge in [0.15, 0.2) is 11.5 Å². The van der Waals surface area contributed by atoms with Gasteiger partial charge in [-0.2, -0.15) is 0 Å². The van der Waals surface area contributed by atoms with Gasteiger partial charge in [0.25, 0.3) is 0 Å². The first-order chi connectivity index (χ1) is 16.6. The number of hydrogen-bond donors (Lipinski definition) is 0. The Morgan fingerprint density at radius 3 is 1.91 bits per heavy atom. The van der Waals surface area contributed by atoms with Crippen LogP contribution >= 0.6 is 0 Å². The fraction of sp³-hybridized carbons (Fsp3) is 0.333. The molecule has 0 radical (unpaired) electrons. The highest BCUT2D eigenvalue weighted by Crippen LogP contribution is 2.58. The molecule has 0 fully saturated rings. The summed E-state index contributed by atoms with van der Waals surface area (Å²) in [5.41, 5.74) is 7.13. The Hall–Kier alpha value is -3.08. The third-order valence-corrected chi connectivity index (χ3v) is 7.60. The Bertz CT molecular complexity index is 1180. The topological polar surface area (TPSA) is 36.9 Å². The molecule has 2 aliphatic rings. The number of rotatable bonds is 6. The fourth-order valence-electron chi connectivity index (χ4n) is 6.16. The van der Waals surface area contributed by atoms with E-state index in [9.17, 15) is 0 Å². The van der Waals surface area contributed by atoms with Crippen LogP contribution in [0.25, 0.3) is 11.1 Å². The Labute approximate surface area is 202 Å². The lowest BCUT2D eigenvalue weighted by Crippen LogP contribution is -2.42. The highest BCUT2D eigenvalue weighted by Gasteiger charge is 2.50. The van der Waals surface area contributed by atoms with Crippen molar-refractivity contribution >= 4 is 0 Å². The quantitative estimate of drug-likeness (QED) is 0.426. The largest absolute Gasteiger partial charge is 0.493 e. The van der Waals surface area contributed by atoms with E-state index in [-0.39, 0.29) is 18.1 Å². The maximum Gasteiger partial charge on any atom is 0.161 e. The predicted molar refractivity (Wildman–Crippen MR) is 135 cm³/mol. The molecule has 0 N–H and O–H groups in total. The van der Waals surface area contributed by atoms with Crippen LogP contribution < -0.4 is 9.47 Å². The molecule has 3 unspecified atom stereocenters. The van der Waals surface area contributed by atoms with Crippen molar-refractivity contribution in [2.24, 2.45) is 5.92 Å². The summed E-state index contributed by atoms with van der Waals surface area (Å²) in [5.74, 6) is 1.65. The molecule has 4 nitrogen and oxygen atoms in total. The molecule has 0 saturated carbocycles. The first kappa shape index (κ1) is 22.7. The van der Waals surface area contributed by atoms with Crippen LogP contribution in [0, 0.1) is 5.92 Å². The highest BCUT2D eigenvalue weighted by molar-refractivity contribution is 5.86. The van der Waals surface area contributed by atoms with Gasteiger partial charge in [-0.05, 0) is 46.4 Å². The van der Waals surface area contributed by atoms with Crippen molar-refractivity contribution < 1.29 is 18.9 Å². The molecular weight excluding hydrogens is 424 g/mol. The number of ether oxygens (including phenoxy) is 4. The van der Waals surface area contributed by atoms with Crippen LogP contribution in [-0.4, -0.2) is 40.6 Å². The average Bonchev–Trinajstić information content (AvgIpc) is 3.19. The van der Waals surface area contributed by atoms with Gasteiger partial charge in [-0.3, -0.25) is 0 Å². The van der Waals surface area contributed by atoms with Crippen LogP contribution in [-0.2, 0) is 14.9 Å². The molecule has 0 amide bonds. The van der Waals surface area contributed by atoms with Gasteiger partial charge < -0.3 is 18.9 Å². The van der Waals surface area contributed by atoms with Crippen molar-refractivity contribution in [3.8, 4) is 22.6 Å². The molecule has 0 spiro atoms. The van der Waals surface area contributed by atoms with E-state index < -0.39 is 5.41 Å². The van der Waals surface area contributed by atoms with E-state index in [0.29, 0.717) is 0 Å². The molecule has 0 aromatic heterocycles. The lowest BCUT2D eigenvalue weighted by molar-refractivity contribution is -0.0582. The minimum atomic E-state index is -0.462. The minimum absolute atomic E-state index is 0.0168. The molecule has 5 rings (SSSR count). The SMILES string of the molecule is COc1ccc(C2(C3=CC(C)C(OC)C(OC)C3)c3ccccc3-c3ccccc32)cc1OC. The van der Waals surface area contributed by atoms with E-state index in [0.717, 1.165) is 23.5 Å². The van der Waals surface area contributed by atoms with Gasteiger partial charge >= 0.3 is 0 Å². The summed E-state index contributed by atoms with van der Waals surface area (Å²) >= 11 is 0. The standard InChI is InChI=1S/C30H32O4/c1-19-16-21(18-28(33-4)29(19)34-5)30(20-14-15-26(31-2)27(17-20)32-3)24-12-8-6-10-22(24)23-11-7-9-13-25(23)30/h6-17,19,28-29H,18H2,1-5H3. The predicted octanol–water partition coefficient (Wildman–Crippen LogP) is 6.01. The lowest BCUT2D eigenvalue weighted by atomic mass is 9.63. The van der Waals surface area contributed by atoms with Gasteiger partial charge in [-0.25, -0.2) is 0 Å². The van der Waals surface area contributed by atoms with Crippen molar-refractivity contribution in [3.63, 3.8) is 0 Å². The summed E-state index contributed by atoms with van der Waals surface area (Å²) in [7, 11) is 6.92. The molecule has 3 atom stereocenters. The Morgan fingerprint density at radius 2 is 1.35 bits per heavy atom. The first-order valence-electron chi connectivity index (χ1n) is 11.8. The number of fused-ring (bicyclic) bond motifs is 3. The molecule has 4 heteroatoms. The second kappa shape index (κ2) is 8.94. The zero-order valence-corrected chi connectivity index (χ0v) is 20.5. The van der Waals surface area contributed by atoms with Gasteiger partial charge in [-0.15, -0.1) is 0 Å². The number of hydrogen-bond acceptors (Lipinski definition) is 4. The van der Waals surface area contributed by atoms with Crippen molar-refractivity contribution in [1.29, 1.82) is 0 Å². The van der Waals surface area contributed by atoms with Crippen LogP contribution in [0.5, 0.6) is 11.5 Å². The summed E-state index contributed by atoms with van der Waals surface area (Å²) in [6.45, 7) is 2.22. The average molecular weight is 457 g/mol. The third kappa shape index (κ3) is 3.20. The molecule has 3 aromatic rings. The number of benzene rings is 3. The molecule has 0 saturated heterocycles. The summed E-state index contributed by atoms with van der Waals surface area (Å²) < 4.78 is 23.2. The molecule has 2 aliphatic carbocycles. The summed E-state index contributed by atoms with van der Waals surface area (Å²) in [6, 6.07) is 23.8. The zero-order chi connectivity index (χ0) is 23.9. The highest BCUT2D eigenvalue weighted by atomic mass is 16.5. The number of methoxy groups -OCH3 is 4. The summed E-state index contributed by atoms with van der Waals surface area (Å²) in [5, 5.41) is 0. The Balaban J connectivity index is 1.86. The molecule has 0 aliphatic heterocycles. The van der Waals surface area contributed by atoms with E-state index in [1.54, 1.807) is 28.4 Å². The summed E-state index contributed by atoms with van der Waals surface area (Å²) in [6.07, 6.45) is 3.16. The molecule has 34 heavy (non-hydrogen) atoms. The van der Waals surface area contributed by atoms with Crippen LogP contribution in [0.1, 0.15) is 30.0 Å². The maximum atomic E-state index is 5.98. The van der Waals surface area contributed by atoms with E-state index in [4.69, 9.17) is 18.9 Å². The van der Waals surface area contributed by atoms with Crippen molar-refractivity contribution in [2.75, 3.05) is 28.4 Å². The van der Waals surface area contributed by atoms with Crippen LogP contribution in [0.2, 0.25) is 0 Å². The van der Waals surface area contributed by atoms with Crippen molar-refractivity contribution in [2.45, 2.75) is 31.0 Å². The first-order valence-corrected chi connectivity index (χ1v) is 11.8. The Kier molecular flexibility index (Phi) is 5.97. The fourth-order valence-corrected chi connectivity index (χ4v) is 6.16. The summed E-state index contributed by atoms with van der Waals surface area (Å²) in [4.78, 5) is 0. The van der Waals surface area contributed by atoms with Gasteiger partial charge in [-0.1, -0.05) is 73.2 Å². The van der Waals surface area contributed by atoms with E-state index in [1.165, 1.54) is 27.8 Å². The lowest BCUT2D eigenvalue weighted by Gasteiger charge is -2.42. The van der Waals surface area contributed by atoms with Crippen LogP contribution in [0.3, 0.4) is 0 Å². The zero-order valence-electron chi connectivity index (χ0n) is 20.5. The molecule has 176 valence electrons. The second-order valence-corrected chi connectivity index (χ2v) is 9.14. The van der Waals surface area contributed by atoms with E-state index in [2.05, 4.69) is 73.7 Å². The molecule has 3 aromatic carbocycles. The maximum absolute atomic E-state index is 5.98. The smallest absolute Gasteiger partial charge is 0.161 e. The third-order valence-electron chi connectivity index (χ3n) is 7.60. The van der Waals surface area contributed by atoms with Gasteiger partial charge in [0.1, 0.15) is 0 Å².